The van der Waals surface area contributed by atoms with E-state index in [1.807, 2.05) is 12.3 Å². The largest absolute Gasteiger partial charge is 0.316 e. The highest BCUT2D eigenvalue weighted by molar-refractivity contribution is 5.71. The van der Waals surface area contributed by atoms with Crippen LogP contribution in [0.5, 0.6) is 0 Å². The topological polar surface area (TPSA) is 42.7 Å². The number of pyridine rings is 1. The molecule has 2 aromatic heterocycles. The molecule has 1 fully saturated rings. The standard InChI is InChI=1S/C14H20N4/c1-9(2)18-13(11-8-15-7-10(11)3)17-12-5-4-6-16-14(12)18/h4-6,9-11,15H,7-8H2,1-3H3. The van der Waals surface area contributed by atoms with E-state index in [-0.39, 0.29) is 0 Å². The molecule has 1 aliphatic heterocycles. The molecule has 0 amide bonds. The van der Waals surface area contributed by atoms with Gasteiger partial charge in [-0.1, -0.05) is 6.92 Å². The molecular formula is C14H20N4. The number of rotatable bonds is 2. The number of nitrogens with one attached hydrogen (secondary N) is 1. The Morgan fingerprint density at radius 2 is 2.22 bits per heavy atom. The minimum absolute atomic E-state index is 0.396. The van der Waals surface area contributed by atoms with E-state index in [1.165, 1.54) is 5.82 Å². The maximum absolute atomic E-state index is 4.83. The first-order chi connectivity index (χ1) is 8.68. The van der Waals surface area contributed by atoms with Gasteiger partial charge in [-0.2, -0.15) is 0 Å². The van der Waals surface area contributed by atoms with Gasteiger partial charge in [0.1, 0.15) is 11.3 Å². The van der Waals surface area contributed by atoms with Gasteiger partial charge in [-0.25, -0.2) is 9.97 Å². The van der Waals surface area contributed by atoms with Gasteiger partial charge in [-0.05, 0) is 38.4 Å². The average molecular weight is 244 g/mol. The molecule has 18 heavy (non-hydrogen) atoms. The summed E-state index contributed by atoms with van der Waals surface area (Å²) in [5.74, 6) is 2.33. The summed E-state index contributed by atoms with van der Waals surface area (Å²) in [4.78, 5) is 9.33. The number of nitrogens with zero attached hydrogens (tertiary/aromatic N) is 3. The zero-order chi connectivity index (χ0) is 12.7. The highest BCUT2D eigenvalue weighted by Gasteiger charge is 2.30. The lowest BCUT2D eigenvalue weighted by atomic mass is 9.97. The third kappa shape index (κ3) is 1.72. The summed E-state index contributed by atoms with van der Waals surface area (Å²) in [6, 6.07) is 4.41. The number of imidazole rings is 1. The highest BCUT2D eigenvalue weighted by atomic mass is 15.2. The van der Waals surface area contributed by atoms with Crippen molar-refractivity contribution in [1.82, 2.24) is 19.9 Å². The van der Waals surface area contributed by atoms with E-state index in [0.717, 1.165) is 24.3 Å². The molecule has 2 unspecified atom stereocenters. The summed E-state index contributed by atoms with van der Waals surface area (Å²) in [5.41, 5.74) is 2.03. The van der Waals surface area contributed by atoms with Gasteiger partial charge in [0.05, 0.1) is 0 Å². The summed E-state index contributed by atoms with van der Waals surface area (Å²) in [6.45, 7) is 8.80. The summed E-state index contributed by atoms with van der Waals surface area (Å²) < 4.78 is 2.30. The van der Waals surface area contributed by atoms with Crippen molar-refractivity contribution in [3.8, 4) is 0 Å². The molecule has 4 nitrogen and oxygen atoms in total. The van der Waals surface area contributed by atoms with Crippen LogP contribution in [0.3, 0.4) is 0 Å². The van der Waals surface area contributed by atoms with Crippen LogP contribution in [0.1, 0.15) is 38.6 Å². The smallest absolute Gasteiger partial charge is 0.160 e. The molecule has 96 valence electrons. The molecule has 4 heteroatoms. The van der Waals surface area contributed by atoms with E-state index in [1.54, 1.807) is 0 Å². The quantitative estimate of drug-likeness (QED) is 0.881. The Morgan fingerprint density at radius 3 is 2.89 bits per heavy atom. The van der Waals surface area contributed by atoms with Gasteiger partial charge in [0.15, 0.2) is 5.65 Å². The van der Waals surface area contributed by atoms with Crippen molar-refractivity contribution < 1.29 is 0 Å². The molecule has 2 atom stereocenters. The molecule has 1 N–H and O–H groups in total. The van der Waals surface area contributed by atoms with Crippen LogP contribution in [0.25, 0.3) is 11.2 Å². The Kier molecular flexibility index (Phi) is 2.82. The lowest BCUT2D eigenvalue weighted by molar-refractivity contribution is 0.491. The summed E-state index contributed by atoms with van der Waals surface area (Å²) >= 11 is 0. The van der Waals surface area contributed by atoms with E-state index < -0.39 is 0 Å². The first kappa shape index (κ1) is 11.7. The average Bonchev–Trinajstić information content (AvgIpc) is 2.91. The lowest BCUT2D eigenvalue weighted by Crippen LogP contribution is -2.16. The zero-order valence-electron chi connectivity index (χ0n) is 11.2. The summed E-state index contributed by atoms with van der Waals surface area (Å²) in [5, 5.41) is 3.46. The Labute approximate surface area is 107 Å². The molecule has 1 saturated heterocycles. The third-order valence-corrected chi connectivity index (χ3v) is 3.84. The van der Waals surface area contributed by atoms with E-state index >= 15 is 0 Å². The maximum atomic E-state index is 4.83. The van der Waals surface area contributed by atoms with Crippen LogP contribution >= 0.6 is 0 Å². The van der Waals surface area contributed by atoms with Crippen LogP contribution < -0.4 is 5.32 Å². The number of hydrogen-bond acceptors (Lipinski definition) is 3. The molecular weight excluding hydrogens is 224 g/mol. The van der Waals surface area contributed by atoms with Crippen molar-refractivity contribution in [1.29, 1.82) is 0 Å². The Hall–Kier alpha value is -1.42. The van der Waals surface area contributed by atoms with Crippen LogP contribution in [0.15, 0.2) is 18.3 Å². The van der Waals surface area contributed by atoms with Gasteiger partial charge in [0.2, 0.25) is 0 Å². The van der Waals surface area contributed by atoms with Gasteiger partial charge in [-0.15, -0.1) is 0 Å². The molecule has 0 saturated carbocycles. The van der Waals surface area contributed by atoms with Crippen molar-refractivity contribution >= 4 is 11.2 Å². The second-order valence-corrected chi connectivity index (χ2v) is 5.52. The van der Waals surface area contributed by atoms with Crippen molar-refractivity contribution in [2.75, 3.05) is 13.1 Å². The molecule has 2 aromatic rings. The van der Waals surface area contributed by atoms with Gasteiger partial charge in [0.25, 0.3) is 0 Å². The molecule has 1 aliphatic rings. The fourth-order valence-corrected chi connectivity index (χ4v) is 2.87. The van der Waals surface area contributed by atoms with Crippen molar-refractivity contribution in [2.24, 2.45) is 5.92 Å². The Balaban J connectivity index is 2.18. The van der Waals surface area contributed by atoms with Crippen molar-refractivity contribution in [2.45, 2.75) is 32.7 Å². The molecule has 3 heterocycles. The van der Waals surface area contributed by atoms with E-state index in [0.29, 0.717) is 17.9 Å². The zero-order valence-corrected chi connectivity index (χ0v) is 11.2. The normalized spacial score (nSPS) is 24.2. The second kappa shape index (κ2) is 4.35. The Bertz CT molecular complexity index is 558. The van der Waals surface area contributed by atoms with Crippen molar-refractivity contribution in [3.05, 3.63) is 24.2 Å². The van der Waals surface area contributed by atoms with Crippen LogP contribution in [0.2, 0.25) is 0 Å². The second-order valence-electron chi connectivity index (χ2n) is 5.52. The molecule has 0 radical (unpaired) electrons. The van der Waals surface area contributed by atoms with Crippen molar-refractivity contribution in [3.63, 3.8) is 0 Å². The van der Waals surface area contributed by atoms with Gasteiger partial charge in [-0.3, -0.25) is 0 Å². The van der Waals surface area contributed by atoms with E-state index in [2.05, 4.69) is 41.7 Å². The molecule has 0 bridgehead atoms. The lowest BCUT2D eigenvalue weighted by Gasteiger charge is -2.18. The number of aromatic nitrogens is 3. The summed E-state index contributed by atoms with van der Waals surface area (Å²) in [7, 11) is 0. The van der Waals surface area contributed by atoms with Crippen LogP contribution in [0.4, 0.5) is 0 Å². The maximum Gasteiger partial charge on any atom is 0.160 e. The minimum atomic E-state index is 0.396. The van der Waals surface area contributed by atoms with Crippen LogP contribution in [-0.2, 0) is 0 Å². The number of hydrogen-bond donors (Lipinski definition) is 1. The van der Waals surface area contributed by atoms with E-state index in [4.69, 9.17) is 4.98 Å². The highest BCUT2D eigenvalue weighted by Crippen LogP contribution is 2.31. The fourth-order valence-electron chi connectivity index (χ4n) is 2.87. The third-order valence-electron chi connectivity index (χ3n) is 3.84. The number of fused-ring (bicyclic) bond motifs is 1. The Morgan fingerprint density at radius 1 is 1.39 bits per heavy atom. The van der Waals surface area contributed by atoms with Gasteiger partial charge >= 0.3 is 0 Å². The van der Waals surface area contributed by atoms with E-state index in [9.17, 15) is 0 Å². The first-order valence-electron chi connectivity index (χ1n) is 6.72. The summed E-state index contributed by atoms with van der Waals surface area (Å²) in [6.07, 6.45) is 1.85. The molecule has 0 spiro atoms. The fraction of sp³-hybridized carbons (Fsp3) is 0.571. The first-order valence-corrected chi connectivity index (χ1v) is 6.72. The van der Waals surface area contributed by atoms with Crippen LogP contribution in [0, 0.1) is 5.92 Å². The molecule has 0 aliphatic carbocycles. The predicted octanol–water partition coefficient (Wildman–Crippen LogP) is 2.34. The predicted molar refractivity (Wildman–Crippen MR) is 72.7 cm³/mol. The van der Waals surface area contributed by atoms with Gasteiger partial charge < -0.3 is 9.88 Å². The van der Waals surface area contributed by atoms with Gasteiger partial charge in [0, 0.05) is 24.7 Å². The SMILES string of the molecule is CC1CNCC1c1nc2cccnc2n1C(C)C. The monoisotopic (exact) mass is 244 g/mol. The minimum Gasteiger partial charge on any atom is -0.316 e. The molecule has 0 aromatic carbocycles. The molecule has 3 rings (SSSR count). The van der Waals surface area contributed by atoms with Crippen LogP contribution in [-0.4, -0.2) is 27.6 Å².